The standard InChI is InChI=1S/C18H27N3O2/c1-14(2)18(23)20-16-9-7-15(8-10-16)19-17(22)13-21-11-5-3-4-6-12-21/h7-10,14H,3-6,11-13H2,1-2H3,(H,19,22)(H,20,23). The fourth-order valence-corrected chi connectivity index (χ4v) is 2.62. The highest BCUT2D eigenvalue weighted by Gasteiger charge is 2.13. The number of benzene rings is 1. The van der Waals surface area contributed by atoms with E-state index in [0.717, 1.165) is 24.5 Å². The number of nitrogens with zero attached hydrogens (tertiary/aromatic N) is 1. The minimum atomic E-state index is -0.0528. The van der Waals surface area contributed by atoms with Crippen molar-refractivity contribution in [3.05, 3.63) is 24.3 Å². The number of amides is 2. The van der Waals surface area contributed by atoms with Crippen molar-refractivity contribution >= 4 is 23.2 Å². The predicted octanol–water partition coefficient (Wildman–Crippen LogP) is 3.10. The summed E-state index contributed by atoms with van der Waals surface area (Å²) in [6.45, 7) is 6.17. The van der Waals surface area contributed by atoms with Gasteiger partial charge in [0.05, 0.1) is 6.54 Å². The second-order valence-corrected chi connectivity index (χ2v) is 6.46. The molecule has 1 aromatic rings. The summed E-state index contributed by atoms with van der Waals surface area (Å²) in [4.78, 5) is 26.0. The second-order valence-electron chi connectivity index (χ2n) is 6.46. The van der Waals surface area contributed by atoms with Gasteiger partial charge in [0, 0.05) is 17.3 Å². The molecule has 0 aliphatic carbocycles. The molecule has 1 aliphatic heterocycles. The van der Waals surface area contributed by atoms with Gasteiger partial charge in [-0.15, -0.1) is 0 Å². The first-order chi connectivity index (χ1) is 11.0. The van der Waals surface area contributed by atoms with Gasteiger partial charge in [-0.3, -0.25) is 14.5 Å². The van der Waals surface area contributed by atoms with Crippen LogP contribution in [0.1, 0.15) is 39.5 Å². The van der Waals surface area contributed by atoms with Crippen molar-refractivity contribution < 1.29 is 9.59 Å². The third-order valence-electron chi connectivity index (χ3n) is 4.03. The smallest absolute Gasteiger partial charge is 0.238 e. The molecule has 0 saturated carbocycles. The highest BCUT2D eigenvalue weighted by Crippen LogP contribution is 2.15. The highest BCUT2D eigenvalue weighted by atomic mass is 16.2. The molecule has 1 heterocycles. The molecular weight excluding hydrogens is 290 g/mol. The zero-order valence-electron chi connectivity index (χ0n) is 14.1. The Hall–Kier alpha value is -1.88. The van der Waals surface area contributed by atoms with Gasteiger partial charge in [0.1, 0.15) is 0 Å². The Morgan fingerprint density at radius 1 is 0.957 bits per heavy atom. The maximum Gasteiger partial charge on any atom is 0.238 e. The number of rotatable bonds is 5. The number of anilines is 2. The molecule has 5 heteroatoms. The van der Waals surface area contributed by atoms with Crippen LogP contribution in [-0.2, 0) is 9.59 Å². The van der Waals surface area contributed by atoms with E-state index in [1.165, 1.54) is 25.7 Å². The number of carbonyl (C=O) groups is 2. The SMILES string of the molecule is CC(C)C(=O)Nc1ccc(NC(=O)CN2CCCCCC2)cc1. The summed E-state index contributed by atoms with van der Waals surface area (Å²) in [6.07, 6.45) is 4.89. The van der Waals surface area contributed by atoms with E-state index in [-0.39, 0.29) is 17.7 Å². The first-order valence-corrected chi connectivity index (χ1v) is 8.48. The first-order valence-electron chi connectivity index (χ1n) is 8.48. The summed E-state index contributed by atoms with van der Waals surface area (Å²) in [5, 5.41) is 5.75. The van der Waals surface area contributed by atoms with Crippen molar-refractivity contribution in [3.8, 4) is 0 Å². The lowest BCUT2D eigenvalue weighted by atomic mass is 10.2. The summed E-state index contributed by atoms with van der Waals surface area (Å²) in [6, 6.07) is 7.25. The molecule has 1 fully saturated rings. The van der Waals surface area contributed by atoms with E-state index in [4.69, 9.17) is 0 Å². The van der Waals surface area contributed by atoms with Gasteiger partial charge in [0.25, 0.3) is 0 Å². The van der Waals surface area contributed by atoms with Gasteiger partial charge in [-0.2, -0.15) is 0 Å². The Morgan fingerprint density at radius 3 is 2.00 bits per heavy atom. The molecule has 0 atom stereocenters. The molecule has 126 valence electrons. The summed E-state index contributed by atoms with van der Waals surface area (Å²) in [5.74, 6) is -0.0446. The Balaban J connectivity index is 1.82. The molecule has 2 rings (SSSR count). The van der Waals surface area contributed by atoms with E-state index >= 15 is 0 Å². The fraction of sp³-hybridized carbons (Fsp3) is 0.556. The van der Waals surface area contributed by atoms with Crippen molar-refractivity contribution in [2.45, 2.75) is 39.5 Å². The third kappa shape index (κ3) is 6.02. The molecule has 1 aromatic carbocycles. The fourth-order valence-electron chi connectivity index (χ4n) is 2.62. The molecule has 2 N–H and O–H groups in total. The van der Waals surface area contributed by atoms with Crippen LogP contribution < -0.4 is 10.6 Å². The first kappa shape index (κ1) is 17.5. The van der Waals surface area contributed by atoms with Crippen LogP contribution in [0.25, 0.3) is 0 Å². The number of nitrogens with one attached hydrogen (secondary N) is 2. The van der Waals surface area contributed by atoms with Crippen molar-refractivity contribution in [2.75, 3.05) is 30.3 Å². The largest absolute Gasteiger partial charge is 0.326 e. The Labute approximate surface area is 138 Å². The Kier molecular flexibility index (Phi) is 6.59. The van der Waals surface area contributed by atoms with Gasteiger partial charge < -0.3 is 10.6 Å². The molecule has 1 aliphatic rings. The quantitative estimate of drug-likeness (QED) is 0.877. The normalized spacial score (nSPS) is 16.0. The third-order valence-corrected chi connectivity index (χ3v) is 4.03. The van der Waals surface area contributed by atoms with E-state index < -0.39 is 0 Å². The lowest BCUT2D eigenvalue weighted by molar-refractivity contribution is -0.119. The van der Waals surface area contributed by atoms with E-state index in [2.05, 4.69) is 15.5 Å². The minimum absolute atomic E-state index is 0.0112. The minimum Gasteiger partial charge on any atom is -0.326 e. The van der Waals surface area contributed by atoms with Crippen LogP contribution in [0.2, 0.25) is 0 Å². The molecule has 0 aromatic heterocycles. The van der Waals surface area contributed by atoms with Crippen LogP contribution in [0.4, 0.5) is 11.4 Å². The zero-order chi connectivity index (χ0) is 16.7. The maximum absolute atomic E-state index is 12.1. The number of carbonyl (C=O) groups excluding carboxylic acids is 2. The van der Waals surface area contributed by atoms with Crippen LogP contribution in [0.15, 0.2) is 24.3 Å². The number of hydrogen-bond donors (Lipinski definition) is 2. The van der Waals surface area contributed by atoms with E-state index in [1.807, 2.05) is 38.1 Å². The van der Waals surface area contributed by atoms with Gasteiger partial charge in [-0.25, -0.2) is 0 Å². The van der Waals surface area contributed by atoms with Gasteiger partial charge in [-0.05, 0) is 50.2 Å². The summed E-state index contributed by atoms with van der Waals surface area (Å²) < 4.78 is 0. The van der Waals surface area contributed by atoms with Crippen molar-refractivity contribution in [1.82, 2.24) is 4.90 Å². The van der Waals surface area contributed by atoms with Crippen LogP contribution in [0.3, 0.4) is 0 Å². The molecule has 2 amide bonds. The molecule has 0 bridgehead atoms. The van der Waals surface area contributed by atoms with Gasteiger partial charge in [-0.1, -0.05) is 26.7 Å². The molecule has 5 nitrogen and oxygen atoms in total. The van der Waals surface area contributed by atoms with E-state index in [1.54, 1.807) is 0 Å². The second kappa shape index (κ2) is 8.67. The zero-order valence-corrected chi connectivity index (χ0v) is 14.1. The van der Waals surface area contributed by atoms with Crippen molar-refractivity contribution in [1.29, 1.82) is 0 Å². The van der Waals surface area contributed by atoms with Crippen LogP contribution >= 0.6 is 0 Å². The highest BCUT2D eigenvalue weighted by molar-refractivity contribution is 5.94. The molecule has 0 spiro atoms. The van der Waals surface area contributed by atoms with Gasteiger partial charge >= 0.3 is 0 Å². The average molecular weight is 317 g/mol. The predicted molar refractivity (Wildman–Crippen MR) is 93.4 cm³/mol. The molecule has 1 saturated heterocycles. The van der Waals surface area contributed by atoms with Gasteiger partial charge in [0.15, 0.2) is 0 Å². The van der Waals surface area contributed by atoms with Crippen LogP contribution in [0.5, 0.6) is 0 Å². The van der Waals surface area contributed by atoms with Crippen molar-refractivity contribution in [2.24, 2.45) is 5.92 Å². The Morgan fingerprint density at radius 2 is 1.48 bits per heavy atom. The molecular formula is C18H27N3O2. The van der Waals surface area contributed by atoms with E-state index in [0.29, 0.717) is 6.54 Å². The van der Waals surface area contributed by atoms with Crippen LogP contribution in [-0.4, -0.2) is 36.3 Å². The number of hydrogen-bond acceptors (Lipinski definition) is 3. The average Bonchev–Trinajstić information content (AvgIpc) is 2.77. The number of likely N-dealkylation sites (tertiary alicyclic amines) is 1. The summed E-state index contributed by atoms with van der Waals surface area (Å²) in [5.41, 5.74) is 1.50. The lowest BCUT2D eigenvalue weighted by Gasteiger charge is -2.19. The Bertz CT molecular complexity index is 518. The van der Waals surface area contributed by atoms with Crippen LogP contribution in [0, 0.1) is 5.92 Å². The maximum atomic E-state index is 12.1. The summed E-state index contributed by atoms with van der Waals surface area (Å²) >= 11 is 0. The molecule has 0 unspecified atom stereocenters. The molecule has 23 heavy (non-hydrogen) atoms. The molecule has 0 radical (unpaired) electrons. The lowest BCUT2D eigenvalue weighted by Crippen LogP contribution is -2.33. The topological polar surface area (TPSA) is 61.4 Å². The van der Waals surface area contributed by atoms with E-state index in [9.17, 15) is 9.59 Å². The monoisotopic (exact) mass is 317 g/mol. The van der Waals surface area contributed by atoms with Crippen molar-refractivity contribution in [3.63, 3.8) is 0 Å². The summed E-state index contributed by atoms with van der Waals surface area (Å²) in [7, 11) is 0. The van der Waals surface area contributed by atoms with Gasteiger partial charge in [0.2, 0.25) is 11.8 Å².